The smallest absolute Gasteiger partial charge is 0.156 e. The molecule has 1 aliphatic rings. The molecular weight excluding hydrogens is 144 g/mol. The van der Waals surface area contributed by atoms with Crippen molar-refractivity contribution in [2.75, 3.05) is 6.61 Å². The van der Waals surface area contributed by atoms with Crippen LogP contribution < -0.4 is 0 Å². The average molecular weight is 160 g/mol. The van der Waals surface area contributed by atoms with Crippen molar-refractivity contribution in [3.63, 3.8) is 0 Å². The van der Waals surface area contributed by atoms with Crippen LogP contribution in [0.15, 0.2) is 0 Å². The van der Waals surface area contributed by atoms with E-state index >= 15 is 0 Å². The molecule has 0 saturated carbocycles. The van der Waals surface area contributed by atoms with E-state index < -0.39 is 11.9 Å². The van der Waals surface area contributed by atoms with Crippen LogP contribution in [0, 0.1) is 5.41 Å². The molecule has 1 heterocycles. The lowest BCUT2D eigenvalue weighted by Crippen LogP contribution is -2.41. The molecule has 1 unspecified atom stereocenters. The van der Waals surface area contributed by atoms with Crippen LogP contribution >= 0.6 is 0 Å². The van der Waals surface area contributed by atoms with Gasteiger partial charge in [-0.05, 0) is 6.92 Å². The van der Waals surface area contributed by atoms with E-state index in [1.807, 2.05) is 20.8 Å². The molecule has 1 rings (SSSR count). The third kappa shape index (κ3) is 1.28. The van der Waals surface area contributed by atoms with Crippen molar-refractivity contribution >= 4 is 0 Å². The van der Waals surface area contributed by atoms with Gasteiger partial charge in [0.15, 0.2) is 6.29 Å². The Morgan fingerprint density at radius 1 is 1.45 bits per heavy atom. The van der Waals surface area contributed by atoms with Gasteiger partial charge in [-0.2, -0.15) is 0 Å². The maximum absolute atomic E-state index is 9.20. The molecule has 0 aromatic carbocycles. The highest BCUT2D eigenvalue weighted by molar-refractivity contribution is 4.96. The Labute approximate surface area is 67.0 Å². The van der Waals surface area contributed by atoms with Crippen molar-refractivity contribution in [3.05, 3.63) is 0 Å². The summed E-state index contributed by atoms with van der Waals surface area (Å²) < 4.78 is 5.22. The summed E-state index contributed by atoms with van der Waals surface area (Å²) in [5.74, 6) is 0. The number of aliphatic hydroxyl groups is 2. The monoisotopic (exact) mass is 160 g/mol. The number of hydrogen-bond donors (Lipinski definition) is 2. The molecule has 0 aromatic rings. The molecule has 0 radical (unpaired) electrons. The third-order valence-corrected chi connectivity index (χ3v) is 2.81. The minimum atomic E-state index is -0.720. The zero-order chi connectivity index (χ0) is 8.70. The Bertz CT molecular complexity index is 155. The van der Waals surface area contributed by atoms with Crippen LogP contribution in [0.1, 0.15) is 27.2 Å². The number of ether oxygens (including phenoxy) is 1. The fourth-order valence-electron chi connectivity index (χ4n) is 1.41. The van der Waals surface area contributed by atoms with Crippen LogP contribution in [-0.2, 0) is 4.74 Å². The molecular formula is C8H16O3. The van der Waals surface area contributed by atoms with Crippen molar-refractivity contribution in [2.45, 2.75) is 39.1 Å². The molecule has 0 aromatic heterocycles. The molecule has 1 saturated heterocycles. The minimum Gasteiger partial charge on any atom is -0.393 e. The highest BCUT2D eigenvalue weighted by Gasteiger charge is 2.50. The summed E-state index contributed by atoms with van der Waals surface area (Å²) in [5.41, 5.74) is -0.742. The molecule has 3 heteroatoms. The van der Waals surface area contributed by atoms with Crippen LogP contribution in [0.3, 0.4) is 0 Å². The predicted octanol–water partition coefficient (Wildman–Crippen LogP) is 0.502. The molecule has 1 aliphatic heterocycles. The average Bonchev–Trinajstić information content (AvgIpc) is 2.03. The maximum Gasteiger partial charge on any atom is 0.156 e. The first-order valence-corrected chi connectivity index (χ1v) is 3.88. The first kappa shape index (κ1) is 8.97. The number of rotatable bonds is 1. The standard InChI is InChI=1S/C8H16O3/c1-7(2)4-6(10)11-8(7,3)5-9/h6,9-10H,4-5H2,1-3H3/t6?,8-/m1/s1. The largest absolute Gasteiger partial charge is 0.393 e. The predicted molar refractivity (Wildman–Crippen MR) is 41.0 cm³/mol. The summed E-state index contributed by atoms with van der Waals surface area (Å²) in [6, 6.07) is 0. The molecule has 0 aliphatic carbocycles. The van der Waals surface area contributed by atoms with Crippen molar-refractivity contribution in [3.8, 4) is 0 Å². The van der Waals surface area contributed by atoms with Crippen molar-refractivity contribution < 1.29 is 14.9 Å². The van der Waals surface area contributed by atoms with E-state index in [4.69, 9.17) is 9.84 Å². The van der Waals surface area contributed by atoms with Gasteiger partial charge < -0.3 is 14.9 Å². The molecule has 3 nitrogen and oxygen atoms in total. The van der Waals surface area contributed by atoms with Gasteiger partial charge in [0, 0.05) is 11.8 Å². The normalized spacial score (nSPS) is 42.8. The molecule has 1 fully saturated rings. The van der Waals surface area contributed by atoms with E-state index in [1.165, 1.54) is 0 Å². The van der Waals surface area contributed by atoms with E-state index in [0.717, 1.165) is 0 Å². The molecule has 66 valence electrons. The van der Waals surface area contributed by atoms with Gasteiger partial charge in [0.05, 0.1) is 12.2 Å². The van der Waals surface area contributed by atoms with Gasteiger partial charge in [-0.25, -0.2) is 0 Å². The van der Waals surface area contributed by atoms with Gasteiger partial charge in [0.2, 0.25) is 0 Å². The zero-order valence-electron chi connectivity index (χ0n) is 7.29. The van der Waals surface area contributed by atoms with Gasteiger partial charge in [-0.3, -0.25) is 0 Å². The second-order valence-corrected chi connectivity index (χ2v) is 4.05. The SMILES string of the molecule is CC1(C)CC(O)O[C@]1(C)CO. The molecule has 2 atom stereocenters. The zero-order valence-corrected chi connectivity index (χ0v) is 7.29. The Hall–Kier alpha value is -0.120. The van der Waals surface area contributed by atoms with E-state index in [2.05, 4.69) is 0 Å². The lowest BCUT2D eigenvalue weighted by Gasteiger charge is -2.34. The summed E-state index contributed by atoms with van der Waals surface area (Å²) in [6.45, 7) is 5.75. The van der Waals surface area contributed by atoms with Crippen LogP contribution in [-0.4, -0.2) is 28.7 Å². The van der Waals surface area contributed by atoms with Gasteiger partial charge >= 0.3 is 0 Å². The Balaban J connectivity index is 2.81. The molecule has 0 amide bonds. The first-order valence-electron chi connectivity index (χ1n) is 3.88. The molecule has 0 bridgehead atoms. The minimum absolute atomic E-state index is 0.0446. The summed E-state index contributed by atoms with van der Waals surface area (Å²) in [5, 5.41) is 18.2. The molecule has 0 spiro atoms. The second kappa shape index (κ2) is 2.44. The topological polar surface area (TPSA) is 49.7 Å². The van der Waals surface area contributed by atoms with E-state index in [9.17, 15) is 5.11 Å². The number of aliphatic hydroxyl groups excluding tert-OH is 2. The highest BCUT2D eigenvalue weighted by atomic mass is 16.6. The summed E-state index contributed by atoms with van der Waals surface area (Å²) >= 11 is 0. The van der Waals surface area contributed by atoms with Crippen LogP contribution in [0.25, 0.3) is 0 Å². The highest BCUT2D eigenvalue weighted by Crippen LogP contribution is 2.44. The van der Waals surface area contributed by atoms with Gasteiger partial charge in [0.1, 0.15) is 0 Å². The van der Waals surface area contributed by atoms with Crippen molar-refractivity contribution in [1.82, 2.24) is 0 Å². The van der Waals surface area contributed by atoms with E-state index in [-0.39, 0.29) is 12.0 Å². The van der Waals surface area contributed by atoms with Crippen LogP contribution in [0.4, 0.5) is 0 Å². The molecule has 2 N–H and O–H groups in total. The maximum atomic E-state index is 9.20. The quantitative estimate of drug-likeness (QED) is 0.587. The second-order valence-electron chi connectivity index (χ2n) is 4.05. The lowest BCUT2D eigenvalue weighted by atomic mass is 9.76. The third-order valence-electron chi connectivity index (χ3n) is 2.81. The van der Waals surface area contributed by atoms with Crippen molar-refractivity contribution in [1.29, 1.82) is 0 Å². The van der Waals surface area contributed by atoms with Crippen LogP contribution in [0.5, 0.6) is 0 Å². The summed E-state index contributed by atoms with van der Waals surface area (Å²) in [6.07, 6.45) is -0.133. The number of hydrogen-bond acceptors (Lipinski definition) is 3. The van der Waals surface area contributed by atoms with Gasteiger partial charge in [-0.1, -0.05) is 13.8 Å². The van der Waals surface area contributed by atoms with E-state index in [0.29, 0.717) is 6.42 Å². The summed E-state index contributed by atoms with van der Waals surface area (Å²) in [4.78, 5) is 0. The Morgan fingerprint density at radius 2 is 2.00 bits per heavy atom. The fourth-order valence-corrected chi connectivity index (χ4v) is 1.41. The van der Waals surface area contributed by atoms with Gasteiger partial charge in [0.25, 0.3) is 0 Å². The fraction of sp³-hybridized carbons (Fsp3) is 1.00. The Morgan fingerprint density at radius 3 is 2.18 bits per heavy atom. The first-order chi connectivity index (χ1) is 4.91. The Kier molecular flexibility index (Phi) is 1.99. The van der Waals surface area contributed by atoms with E-state index in [1.54, 1.807) is 0 Å². The lowest BCUT2D eigenvalue weighted by molar-refractivity contribution is -0.158. The molecule has 11 heavy (non-hydrogen) atoms. The van der Waals surface area contributed by atoms with Gasteiger partial charge in [-0.15, -0.1) is 0 Å². The summed E-state index contributed by atoms with van der Waals surface area (Å²) in [7, 11) is 0. The van der Waals surface area contributed by atoms with Crippen molar-refractivity contribution in [2.24, 2.45) is 5.41 Å². The van der Waals surface area contributed by atoms with Crippen LogP contribution in [0.2, 0.25) is 0 Å².